The Kier molecular flexibility index (Phi) is 5.24. The first-order chi connectivity index (χ1) is 9.83. The van der Waals surface area contributed by atoms with Gasteiger partial charge in [-0.15, -0.1) is 0 Å². The maximum Gasteiger partial charge on any atom is 0.170 e. The molecule has 2 aromatic carbocycles. The normalized spacial score (nSPS) is 11.8. The van der Waals surface area contributed by atoms with Crippen molar-refractivity contribution in [3.8, 4) is 0 Å². The van der Waals surface area contributed by atoms with Gasteiger partial charge in [-0.3, -0.25) is 4.79 Å². The largest absolute Gasteiger partial charge is 0.303 e. The Morgan fingerprint density at radius 1 is 0.950 bits per heavy atom. The molecule has 0 saturated heterocycles. The van der Waals surface area contributed by atoms with Gasteiger partial charge in [-0.05, 0) is 18.4 Å². The number of aldehydes is 1. The van der Waals surface area contributed by atoms with E-state index in [1.54, 1.807) is 0 Å². The molecule has 0 aliphatic rings. The smallest absolute Gasteiger partial charge is 0.170 e. The van der Waals surface area contributed by atoms with Crippen molar-refractivity contribution >= 4 is 12.1 Å². The molecule has 0 fully saturated rings. The number of rotatable bonds is 7. The molecule has 102 valence electrons. The molecular formula is C18H18O2. The van der Waals surface area contributed by atoms with Crippen LogP contribution in [0.1, 0.15) is 41.1 Å². The Labute approximate surface area is 119 Å². The lowest BCUT2D eigenvalue weighted by atomic mass is 9.87. The summed E-state index contributed by atoms with van der Waals surface area (Å²) < 4.78 is 0. The zero-order valence-electron chi connectivity index (χ0n) is 11.4. The van der Waals surface area contributed by atoms with Gasteiger partial charge in [0, 0.05) is 17.9 Å². The van der Waals surface area contributed by atoms with E-state index in [0.717, 1.165) is 23.8 Å². The minimum absolute atomic E-state index is 0.127. The van der Waals surface area contributed by atoms with Crippen molar-refractivity contribution in [3.05, 3.63) is 71.8 Å². The molecule has 0 bridgehead atoms. The van der Waals surface area contributed by atoms with E-state index in [0.29, 0.717) is 12.8 Å². The molecule has 0 aliphatic carbocycles. The Bertz CT molecular complexity index is 546. The quantitative estimate of drug-likeness (QED) is 0.431. The molecule has 2 heteroatoms. The van der Waals surface area contributed by atoms with E-state index in [2.05, 4.69) is 0 Å². The summed E-state index contributed by atoms with van der Waals surface area (Å²) in [4.78, 5) is 23.1. The van der Waals surface area contributed by atoms with Gasteiger partial charge in [-0.25, -0.2) is 0 Å². The maximum absolute atomic E-state index is 12.7. The van der Waals surface area contributed by atoms with Crippen molar-refractivity contribution < 1.29 is 9.59 Å². The highest BCUT2D eigenvalue weighted by molar-refractivity contribution is 6.00. The fourth-order valence-corrected chi connectivity index (χ4v) is 2.34. The van der Waals surface area contributed by atoms with E-state index in [4.69, 9.17) is 0 Å². The number of hydrogen-bond acceptors (Lipinski definition) is 2. The molecule has 0 saturated carbocycles. The van der Waals surface area contributed by atoms with Crippen LogP contribution >= 0.6 is 0 Å². The van der Waals surface area contributed by atoms with Gasteiger partial charge in [-0.2, -0.15) is 0 Å². The summed E-state index contributed by atoms with van der Waals surface area (Å²) in [5.74, 6) is -0.0405. The first-order valence-electron chi connectivity index (χ1n) is 6.91. The van der Waals surface area contributed by atoms with Crippen LogP contribution in [0.3, 0.4) is 0 Å². The Balaban J connectivity index is 2.22. The standard InChI is InChI=1S/C18H18O2/c19-14-8-7-13-17(15-9-3-1-4-10-15)18(20)16-11-5-2-6-12-16/h1-6,9-12,14,17H,7-8,13H2. The van der Waals surface area contributed by atoms with Gasteiger partial charge in [-0.1, -0.05) is 60.7 Å². The van der Waals surface area contributed by atoms with Gasteiger partial charge in [0.15, 0.2) is 5.78 Å². The van der Waals surface area contributed by atoms with Crippen LogP contribution in [0.4, 0.5) is 0 Å². The average molecular weight is 266 g/mol. The van der Waals surface area contributed by atoms with Crippen molar-refractivity contribution in [1.82, 2.24) is 0 Å². The van der Waals surface area contributed by atoms with E-state index in [9.17, 15) is 9.59 Å². The highest BCUT2D eigenvalue weighted by Crippen LogP contribution is 2.26. The number of carbonyl (C=O) groups excluding carboxylic acids is 2. The van der Waals surface area contributed by atoms with Crippen LogP contribution < -0.4 is 0 Å². The zero-order chi connectivity index (χ0) is 14.2. The summed E-state index contributed by atoms with van der Waals surface area (Å²) >= 11 is 0. The summed E-state index contributed by atoms with van der Waals surface area (Å²) in [6, 6.07) is 19.1. The Morgan fingerprint density at radius 2 is 1.55 bits per heavy atom. The highest BCUT2D eigenvalue weighted by Gasteiger charge is 2.21. The van der Waals surface area contributed by atoms with Gasteiger partial charge in [0.05, 0.1) is 0 Å². The fraction of sp³-hybridized carbons (Fsp3) is 0.222. The van der Waals surface area contributed by atoms with Gasteiger partial charge >= 0.3 is 0 Å². The molecule has 0 N–H and O–H groups in total. The van der Waals surface area contributed by atoms with E-state index < -0.39 is 0 Å². The van der Waals surface area contributed by atoms with Crippen molar-refractivity contribution in [3.63, 3.8) is 0 Å². The topological polar surface area (TPSA) is 34.1 Å². The summed E-state index contributed by atoms with van der Waals surface area (Å²) in [7, 11) is 0. The number of hydrogen-bond donors (Lipinski definition) is 0. The number of Topliss-reactive ketones (excluding diaryl/α,β-unsaturated/α-hetero) is 1. The predicted molar refractivity (Wildman–Crippen MR) is 79.9 cm³/mol. The monoisotopic (exact) mass is 266 g/mol. The highest BCUT2D eigenvalue weighted by atomic mass is 16.1. The lowest BCUT2D eigenvalue weighted by Crippen LogP contribution is -2.13. The van der Waals surface area contributed by atoms with Gasteiger partial charge in [0.25, 0.3) is 0 Å². The Hall–Kier alpha value is -2.22. The minimum atomic E-state index is -0.168. The lowest BCUT2D eigenvalue weighted by molar-refractivity contribution is -0.107. The lowest BCUT2D eigenvalue weighted by Gasteiger charge is -2.16. The van der Waals surface area contributed by atoms with Crippen LogP contribution in [-0.2, 0) is 4.79 Å². The SMILES string of the molecule is O=CCCCC(C(=O)c1ccccc1)c1ccccc1. The molecule has 2 aromatic rings. The first kappa shape index (κ1) is 14.2. The number of carbonyl (C=O) groups is 2. The molecule has 2 nitrogen and oxygen atoms in total. The summed E-state index contributed by atoms with van der Waals surface area (Å²) in [6.07, 6.45) is 2.86. The van der Waals surface area contributed by atoms with Crippen LogP contribution in [-0.4, -0.2) is 12.1 Å². The molecule has 1 unspecified atom stereocenters. The van der Waals surface area contributed by atoms with E-state index in [1.165, 1.54) is 0 Å². The second kappa shape index (κ2) is 7.39. The van der Waals surface area contributed by atoms with E-state index in [1.807, 2.05) is 60.7 Å². The number of benzene rings is 2. The molecule has 0 radical (unpaired) electrons. The van der Waals surface area contributed by atoms with Gasteiger partial charge < -0.3 is 4.79 Å². The molecule has 2 rings (SSSR count). The second-order valence-electron chi connectivity index (χ2n) is 4.79. The second-order valence-corrected chi connectivity index (χ2v) is 4.79. The third-order valence-electron chi connectivity index (χ3n) is 3.39. The predicted octanol–water partition coefficient (Wildman–Crippen LogP) is 4.02. The van der Waals surface area contributed by atoms with Crippen LogP contribution in [0.2, 0.25) is 0 Å². The molecular weight excluding hydrogens is 248 g/mol. The summed E-state index contributed by atoms with van der Waals surface area (Å²) in [6.45, 7) is 0. The molecule has 0 spiro atoms. The van der Waals surface area contributed by atoms with Crippen molar-refractivity contribution in [2.45, 2.75) is 25.2 Å². The third-order valence-corrected chi connectivity index (χ3v) is 3.39. The minimum Gasteiger partial charge on any atom is -0.303 e. The fourth-order valence-electron chi connectivity index (χ4n) is 2.34. The van der Waals surface area contributed by atoms with Crippen LogP contribution in [0.25, 0.3) is 0 Å². The number of ketones is 1. The molecule has 20 heavy (non-hydrogen) atoms. The molecule has 1 atom stereocenters. The molecule has 0 heterocycles. The van der Waals surface area contributed by atoms with Crippen molar-refractivity contribution in [2.24, 2.45) is 0 Å². The van der Waals surface area contributed by atoms with Gasteiger partial charge in [0.2, 0.25) is 0 Å². The summed E-state index contributed by atoms with van der Waals surface area (Å²) in [5.41, 5.74) is 1.75. The molecule has 0 aliphatic heterocycles. The van der Waals surface area contributed by atoms with Crippen molar-refractivity contribution in [2.75, 3.05) is 0 Å². The zero-order valence-corrected chi connectivity index (χ0v) is 11.4. The molecule has 0 aromatic heterocycles. The van der Waals surface area contributed by atoms with Crippen LogP contribution in [0, 0.1) is 0 Å². The van der Waals surface area contributed by atoms with Crippen LogP contribution in [0.15, 0.2) is 60.7 Å². The first-order valence-corrected chi connectivity index (χ1v) is 6.91. The van der Waals surface area contributed by atoms with E-state index in [-0.39, 0.29) is 11.7 Å². The maximum atomic E-state index is 12.7. The van der Waals surface area contributed by atoms with Crippen molar-refractivity contribution in [1.29, 1.82) is 0 Å². The summed E-state index contributed by atoms with van der Waals surface area (Å²) in [5, 5.41) is 0. The Morgan fingerprint density at radius 3 is 2.15 bits per heavy atom. The average Bonchev–Trinajstić information content (AvgIpc) is 2.53. The molecule has 0 amide bonds. The van der Waals surface area contributed by atoms with Crippen LogP contribution in [0.5, 0.6) is 0 Å². The van der Waals surface area contributed by atoms with Gasteiger partial charge in [0.1, 0.15) is 6.29 Å². The van der Waals surface area contributed by atoms with E-state index >= 15 is 0 Å². The third kappa shape index (κ3) is 3.64. The number of unbranched alkanes of at least 4 members (excludes halogenated alkanes) is 1.